The van der Waals surface area contributed by atoms with Crippen LogP contribution >= 0.6 is 0 Å². The molecule has 0 aliphatic carbocycles. The quantitative estimate of drug-likeness (QED) is 0.620. The minimum atomic E-state index is -0.503. The number of nitrogens with zero attached hydrogens (tertiary/aromatic N) is 1. The highest BCUT2D eigenvalue weighted by Crippen LogP contribution is 2.37. The Kier molecular flexibility index (Phi) is 3.41. The number of benzene rings is 1. The highest BCUT2D eigenvalue weighted by Gasteiger charge is 2.51. The molecule has 0 bridgehead atoms. The third-order valence-electron chi connectivity index (χ3n) is 3.83. The topological polar surface area (TPSA) is 57.1 Å². The Morgan fingerprint density at radius 1 is 1.16 bits per heavy atom. The van der Waals surface area contributed by atoms with E-state index >= 15 is 0 Å². The van der Waals surface area contributed by atoms with E-state index < -0.39 is 18.3 Å². The van der Waals surface area contributed by atoms with Crippen molar-refractivity contribution in [1.82, 2.24) is 0 Å². The molecule has 5 nitrogen and oxygen atoms in total. The van der Waals surface area contributed by atoms with Crippen LogP contribution in [0.4, 0.5) is 5.69 Å². The summed E-state index contributed by atoms with van der Waals surface area (Å²) in [7, 11) is 0.995. The van der Waals surface area contributed by atoms with E-state index in [1.54, 1.807) is 12.1 Å². The van der Waals surface area contributed by atoms with Gasteiger partial charge in [0.2, 0.25) is 0 Å². The van der Waals surface area contributed by atoms with E-state index in [-0.39, 0.29) is 5.69 Å². The Labute approximate surface area is 113 Å². The molecule has 0 aromatic heterocycles. The summed E-state index contributed by atoms with van der Waals surface area (Å²) in [6.07, 6.45) is 0. The zero-order valence-corrected chi connectivity index (χ0v) is 11.9. The van der Waals surface area contributed by atoms with E-state index in [4.69, 9.17) is 14.0 Å². The summed E-state index contributed by atoms with van der Waals surface area (Å²) < 4.78 is 16.9. The smallest absolute Gasteiger partial charge is 0.494 e. The van der Waals surface area contributed by atoms with Crippen molar-refractivity contribution in [3.63, 3.8) is 0 Å². The Morgan fingerprint density at radius 2 is 1.74 bits per heavy atom. The van der Waals surface area contributed by atoms with E-state index in [0.29, 0.717) is 5.75 Å². The summed E-state index contributed by atoms with van der Waals surface area (Å²) in [6, 6.07) is 5.14. The van der Waals surface area contributed by atoms with Gasteiger partial charge in [-0.25, -0.2) is 0 Å². The molecular weight excluding hydrogens is 245 g/mol. The highest BCUT2D eigenvalue weighted by molar-refractivity contribution is 6.62. The van der Waals surface area contributed by atoms with E-state index in [1.807, 2.05) is 33.8 Å². The zero-order valence-electron chi connectivity index (χ0n) is 11.9. The average molecular weight is 263 g/mol. The van der Waals surface area contributed by atoms with E-state index in [0.717, 1.165) is 5.46 Å². The molecule has 6 heteroatoms. The average Bonchev–Trinajstić information content (AvgIpc) is 2.57. The first-order chi connectivity index (χ1) is 8.80. The van der Waals surface area contributed by atoms with Crippen molar-refractivity contribution in [2.75, 3.05) is 7.11 Å². The maximum atomic E-state index is 10.8. The molecule has 1 aliphatic rings. The fourth-order valence-electron chi connectivity index (χ4n) is 1.90. The second-order valence-corrected chi connectivity index (χ2v) is 5.61. The predicted octanol–water partition coefficient (Wildman–Crippen LogP) is 2.39. The van der Waals surface area contributed by atoms with Crippen molar-refractivity contribution in [2.24, 2.45) is 5.18 Å². The van der Waals surface area contributed by atoms with Gasteiger partial charge >= 0.3 is 7.12 Å². The van der Waals surface area contributed by atoms with Crippen molar-refractivity contribution in [3.05, 3.63) is 23.1 Å². The number of ether oxygens (including phenoxy) is 1. The maximum absolute atomic E-state index is 10.8. The van der Waals surface area contributed by atoms with Crippen molar-refractivity contribution in [3.8, 4) is 5.75 Å². The van der Waals surface area contributed by atoms with Crippen LogP contribution in [0.15, 0.2) is 23.4 Å². The molecule has 0 radical (unpaired) electrons. The SMILES string of the molecule is COc1ccc(B2OC(C)(C)C(C)(C)O2)cc1N=O. The molecule has 1 aromatic rings. The summed E-state index contributed by atoms with van der Waals surface area (Å²) in [5.41, 5.74) is 0.183. The molecule has 0 saturated carbocycles. The van der Waals surface area contributed by atoms with Gasteiger partial charge in [-0.15, -0.1) is 4.91 Å². The maximum Gasteiger partial charge on any atom is 0.494 e. The lowest BCUT2D eigenvalue weighted by Gasteiger charge is -2.32. The van der Waals surface area contributed by atoms with Crippen molar-refractivity contribution < 1.29 is 14.0 Å². The van der Waals surface area contributed by atoms with Gasteiger partial charge < -0.3 is 14.0 Å². The van der Waals surface area contributed by atoms with Crippen LogP contribution in [0.1, 0.15) is 27.7 Å². The number of hydrogen-bond donors (Lipinski definition) is 0. The predicted molar refractivity (Wildman–Crippen MR) is 74.2 cm³/mol. The van der Waals surface area contributed by atoms with Gasteiger partial charge in [0.05, 0.1) is 18.3 Å². The molecule has 102 valence electrons. The Hall–Kier alpha value is -1.40. The second kappa shape index (κ2) is 4.61. The monoisotopic (exact) mass is 263 g/mol. The minimum absolute atomic E-state index is 0.245. The van der Waals surface area contributed by atoms with Crippen LogP contribution < -0.4 is 10.2 Å². The van der Waals surface area contributed by atoms with Crippen LogP contribution in [-0.4, -0.2) is 25.4 Å². The molecule has 1 heterocycles. The molecule has 0 N–H and O–H groups in total. The molecule has 0 spiro atoms. The van der Waals surface area contributed by atoms with Crippen molar-refractivity contribution >= 4 is 18.3 Å². The first-order valence-corrected chi connectivity index (χ1v) is 6.17. The number of hydrogen-bond acceptors (Lipinski definition) is 5. The third-order valence-corrected chi connectivity index (χ3v) is 3.83. The second-order valence-electron chi connectivity index (χ2n) is 5.61. The van der Waals surface area contributed by atoms with Gasteiger partial charge in [-0.2, -0.15) is 0 Å². The normalized spacial score (nSPS) is 20.4. The molecule has 0 amide bonds. The Bertz CT molecular complexity index is 485. The van der Waals surface area contributed by atoms with Crippen LogP contribution in [0.25, 0.3) is 0 Å². The van der Waals surface area contributed by atoms with Crippen molar-refractivity contribution in [2.45, 2.75) is 38.9 Å². The Balaban J connectivity index is 2.32. The molecule has 1 saturated heterocycles. The number of nitroso groups, excluding NO2 is 1. The number of rotatable bonds is 3. The molecule has 0 unspecified atom stereocenters. The van der Waals surface area contributed by atoms with Crippen molar-refractivity contribution in [1.29, 1.82) is 0 Å². The molecule has 1 aliphatic heterocycles. The Morgan fingerprint density at radius 3 is 2.21 bits per heavy atom. The van der Waals surface area contributed by atoms with E-state index in [2.05, 4.69) is 5.18 Å². The van der Waals surface area contributed by atoms with Crippen LogP contribution in [-0.2, 0) is 9.31 Å². The van der Waals surface area contributed by atoms with Gasteiger partial charge in [-0.1, -0.05) is 6.07 Å². The van der Waals surface area contributed by atoms with E-state index in [9.17, 15) is 4.91 Å². The molecule has 1 fully saturated rings. The van der Waals surface area contributed by atoms with Crippen LogP contribution in [0, 0.1) is 4.91 Å². The summed E-state index contributed by atoms with van der Waals surface area (Å²) in [6.45, 7) is 7.93. The lowest BCUT2D eigenvalue weighted by Crippen LogP contribution is -2.41. The van der Waals surface area contributed by atoms with Gasteiger partial charge in [-0.3, -0.25) is 0 Å². The first-order valence-electron chi connectivity index (χ1n) is 6.17. The van der Waals surface area contributed by atoms with Gasteiger partial charge in [0, 0.05) is 0 Å². The fraction of sp³-hybridized carbons (Fsp3) is 0.538. The lowest BCUT2D eigenvalue weighted by molar-refractivity contribution is 0.00578. The summed E-state index contributed by atoms with van der Waals surface area (Å²) >= 11 is 0. The van der Waals surface area contributed by atoms with E-state index in [1.165, 1.54) is 7.11 Å². The summed E-state index contributed by atoms with van der Waals surface area (Å²) in [5, 5.41) is 2.96. The lowest BCUT2D eigenvalue weighted by atomic mass is 9.79. The molecule has 0 atom stereocenters. The summed E-state index contributed by atoms with van der Waals surface area (Å²) in [4.78, 5) is 10.8. The van der Waals surface area contributed by atoms with Gasteiger partial charge in [0.25, 0.3) is 0 Å². The zero-order chi connectivity index (χ0) is 14.3. The van der Waals surface area contributed by atoms with Gasteiger partial charge in [0.15, 0.2) is 0 Å². The van der Waals surface area contributed by atoms with Crippen LogP contribution in [0.3, 0.4) is 0 Å². The highest BCUT2D eigenvalue weighted by atomic mass is 16.7. The van der Waals surface area contributed by atoms with Gasteiger partial charge in [-0.05, 0) is 50.5 Å². The third kappa shape index (κ3) is 2.38. The minimum Gasteiger partial charge on any atom is -0.494 e. The largest absolute Gasteiger partial charge is 0.494 e. The molecule has 19 heavy (non-hydrogen) atoms. The molecule has 2 rings (SSSR count). The van der Waals surface area contributed by atoms with Crippen LogP contribution in [0.2, 0.25) is 0 Å². The first kappa shape index (κ1) is 14.0. The summed E-state index contributed by atoms with van der Waals surface area (Å²) in [5.74, 6) is 0.440. The number of methoxy groups -OCH3 is 1. The van der Waals surface area contributed by atoms with Crippen LogP contribution in [0.5, 0.6) is 5.75 Å². The molecule has 1 aromatic carbocycles. The van der Waals surface area contributed by atoms with Gasteiger partial charge in [0.1, 0.15) is 11.4 Å². The molecular formula is C13H18BNO4. The fourth-order valence-corrected chi connectivity index (χ4v) is 1.90. The standard InChI is InChI=1S/C13H18BNO4/c1-12(2)13(3,4)19-14(18-12)9-6-7-11(17-5)10(8-9)15-16/h6-8H,1-5H3.